The second-order valence-electron chi connectivity index (χ2n) is 4.18. The molecule has 0 aromatic carbocycles. The topological polar surface area (TPSA) is 58.2 Å². The zero-order valence-electron chi connectivity index (χ0n) is 10.8. The summed E-state index contributed by atoms with van der Waals surface area (Å²) in [7, 11) is 0. The van der Waals surface area contributed by atoms with E-state index in [-0.39, 0.29) is 23.3 Å². The number of carbonyl (C=O) groups excluding carboxylic acids is 2. The van der Waals surface area contributed by atoms with Crippen molar-refractivity contribution in [2.75, 3.05) is 6.54 Å². The van der Waals surface area contributed by atoms with Crippen LogP contribution in [0.5, 0.6) is 0 Å². The second-order valence-corrected chi connectivity index (χ2v) is 4.18. The molecule has 0 aliphatic carbocycles. The van der Waals surface area contributed by atoms with Gasteiger partial charge >= 0.3 is 0 Å². The summed E-state index contributed by atoms with van der Waals surface area (Å²) in [5.74, 6) is -0.194. The summed E-state index contributed by atoms with van der Waals surface area (Å²) in [4.78, 5) is 23.0. The summed E-state index contributed by atoms with van der Waals surface area (Å²) < 4.78 is 0. The van der Waals surface area contributed by atoms with Gasteiger partial charge in [-0.3, -0.25) is 9.59 Å². The van der Waals surface area contributed by atoms with Crippen molar-refractivity contribution in [2.45, 2.75) is 40.7 Å². The van der Waals surface area contributed by atoms with Crippen molar-refractivity contribution in [3.05, 3.63) is 11.8 Å². The molecule has 0 radical (unpaired) electrons. The van der Waals surface area contributed by atoms with Crippen LogP contribution in [0.3, 0.4) is 0 Å². The zero-order chi connectivity index (χ0) is 12.7. The molecule has 4 heteroatoms. The molecule has 0 saturated heterocycles. The maximum absolute atomic E-state index is 11.8. The van der Waals surface area contributed by atoms with Gasteiger partial charge in [0.05, 0.1) is 5.57 Å². The Morgan fingerprint density at radius 1 is 1.25 bits per heavy atom. The zero-order valence-corrected chi connectivity index (χ0v) is 10.8. The van der Waals surface area contributed by atoms with Crippen molar-refractivity contribution in [1.29, 1.82) is 0 Å². The van der Waals surface area contributed by atoms with E-state index in [2.05, 4.69) is 10.6 Å². The maximum Gasteiger partial charge on any atom is 0.256 e. The number of carbonyl (C=O) groups is 2. The maximum atomic E-state index is 11.8. The molecule has 1 atom stereocenters. The van der Waals surface area contributed by atoms with Crippen LogP contribution in [0.2, 0.25) is 0 Å². The molecule has 0 aromatic rings. The van der Waals surface area contributed by atoms with Crippen molar-refractivity contribution >= 4 is 11.7 Å². The second kappa shape index (κ2) is 7.04. The first kappa shape index (κ1) is 14.7. The lowest BCUT2D eigenvalue weighted by Gasteiger charge is -2.17. The molecule has 0 aliphatic heterocycles. The monoisotopic (exact) mass is 226 g/mol. The number of hydrogen-bond acceptors (Lipinski definition) is 3. The van der Waals surface area contributed by atoms with Crippen LogP contribution >= 0.6 is 0 Å². The lowest BCUT2D eigenvalue weighted by Crippen LogP contribution is -2.38. The third-order valence-corrected chi connectivity index (χ3v) is 2.43. The van der Waals surface area contributed by atoms with Gasteiger partial charge in [-0.1, -0.05) is 13.8 Å². The standard InChI is InChI=1S/C12H22N2O2/c1-6-13-7-11(10(5)15)12(16)14-9(4)8(2)3/h7-9,13H,6H2,1-5H3,(H,14,16)/b11-7+/t9-/m0/s1. The van der Waals surface area contributed by atoms with Crippen LogP contribution in [0.4, 0.5) is 0 Å². The third-order valence-electron chi connectivity index (χ3n) is 2.43. The van der Waals surface area contributed by atoms with Gasteiger partial charge in [0.2, 0.25) is 0 Å². The summed E-state index contributed by atoms with van der Waals surface area (Å²) in [5, 5.41) is 5.67. The van der Waals surface area contributed by atoms with Crippen LogP contribution in [0.1, 0.15) is 34.6 Å². The van der Waals surface area contributed by atoms with E-state index in [1.807, 2.05) is 27.7 Å². The highest BCUT2D eigenvalue weighted by molar-refractivity contribution is 6.18. The smallest absolute Gasteiger partial charge is 0.256 e. The Bertz CT molecular complexity index is 283. The van der Waals surface area contributed by atoms with Crippen LogP contribution in [0.15, 0.2) is 11.8 Å². The Labute approximate surface area is 97.5 Å². The average Bonchev–Trinajstić information content (AvgIpc) is 2.17. The van der Waals surface area contributed by atoms with Gasteiger partial charge < -0.3 is 10.6 Å². The van der Waals surface area contributed by atoms with Gasteiger partial charge in [0, 0.05) is 18.8 Å². The molecule has 0 rings (SSSR count). The minimum atomic E-state index is -0.311. The van der Waals surface area contributed by atoms with E-state index in [1.165, 1.54) is 13.1 Å². The molecule has 4 nitrogen and oxygen atoms in total. The van der Waals surface area contributed by atoms with Gasteiger partial charge in [0.15, 0.2) is 5.78 Å². The Hall–Kier alpha value is -1.32. The first-order chi connectivity index (χ1) is 7.40. The molecule has 0 unspecified atom stereocenters. The average molecular weight is 226 g/mol. The molecular weight excluding hydrogens is 204 g/mol. The summed E-state index contributed by atoms with van der Waals surface area (Å²) in [6.07, 6.45) is 1.48. The highest BCUT2D eigenvalue weighted by atomic mass is 16.2. The highest BCUT2D eigenvalue weighted by Crippen LogP contribution is 2.02. The van der Waals surface area contributed by atoms with Crippen LogP contribution in [0.25, 0.3) is 0 Å². The van der Waals surface area contributed by atoms with Crippen molar-refractivity contribution in [3.63, 3.8) is 0 Å². The molecule has 0 heterocycles. The number of ketones is 1. The quantitative estimate of drug-likeness (QED) is 0.407. The summed E-state index contributed by atoms with van der Waals surface area (Å²) >= 11 is 0. The van der Waals surface area contributed by atoms with Gasteiger partial charge in [-0.25, -0.2) is 0 Å². The molecule has 2 N–H and O–H groups in total. The first-order valence-corrected chi connectivity index (χ1v) is 5.65. The minimum absolute atomic E-state index is 0.0527. The fourth-order valence-electron chi connectivity index (χ4n) is 0.982. The van der Waals surface area contributed by atoms with Crippen molar-refractivity contribution in [2.24, 2.45) is 5.92 Å². The molecule has 0 aromatic heterocycles. The van der Waals surface area contributed by atoms with Crippen LogP contribution < -0.4 is 10.6 Å². The third kappa shape index (κ3) is 4.96. The number of rotatable bonds is 6. The molecule has 0 fully saturated rings. The molecule has 92 valence electrons. The largest absolute Gasteiger partial charge is 0.390 e. The number of hydrogen-bond donors (Lipinski definition) is 2. The number of nitrogens with one attached hydrogen (secondary N) is 2. The Morgan fingerprint density at radius 3 is 2.19 bits per heavy atom. The molecule has 0 aliphatic rings. The predicted molar refractivity (Wildman–Crippen MR) is 64.9 cm³/mol. The van der Waals surface area contributed by atoms with E-state index in [9.17, 15) is 9.59 Å². The van der Waals surface area contributed by atoms with E-state index in [0.29, 0.717) is 12.5 Å². The molecule has 0 spiro atoms. The normalized spacial score (nSPS) is 13.5. The summed E-state index contributed by atoms with van der Waals surface area (Å²) in [6, 6.07) is 0.0527. The fourth-order valence-corrected chi connectivity index (χ4v) is 0.982. The van der Waals surface area contributed by atoms with Gasteiger partial charge in [-0.05, 0) is 26.7 Å². The van der Waals surface area contributed by atoms with E-state index in [1.54, 1.807) is 0 Å². The predicted octanol–water partition coefficient (Wildman–Crippen LogP) is 1.23. The molecule has 0 saturated carbocycles. The Balaban J connectivity index is 4.58. The van der Waals surface area contributed by atoms with E-state index in [0.717, 1.165) is 0 Å². The van der Waals surface area contributed by atoms with Crippen LogP contribution in [0, 0.1) is 5.92 Å². The Kier molecular flexibility index (Phi) is 6.46. The molecule has 1 amide bonds. The lowest BCUT2D eigenvalue weighted by atomic mass is 10.1. The number of amides is 1. The van der Waals surface area contributed by atoms with Crippen molar-refractivity contribution in [1.82, 2.24) is 10.6 Å². The molecular formula is C12H22N2O2. The highest BCUT2D eigenvalue weighted by Gasteiger charge is 2.17. The van der Waals surface area contributed by atoms with Crippen molar-refractivity contribution in [3.8, 4) is 0 Å². The van der Waals surface area contributed by atoms with Gasteiger partial charge in [0.25, 0.3) is 5.91 Å². The van der Waals surface area contributed by atoms with Gasteiger partial charge in [0.1, 0.15) is 0 Å². The van der Waals surface area contributed by atoms with Gasteiger partial charge in [-0.2, -0.15) is 0 Å². The minimum Gasteiger partial charge on any atom is -0.390 e. The van der Waals surface area contributed by atoms with Crippen LogP contribution in [-0.2, 0) is 9.59 Å². The van der Waals surface area contributed by atoms with Gasteiger partial charge in [-0.15, -0.1) is 0 Å². The summed E-state index contributed by atoms with van der Waals surface area (Å²) in [5.41, 5.74) is 0.175. The van der Waals surface area contributed by atoms with E-state index in [4.69, 9.17) is 0 Å². The first-order valence-electron chi connectivity index (χ1n) is 5.65. The fraction of sp³-hybridized carbons (Fsp3) is 0.667. The summed E-state index contributed by atoms with van der Waals surface area (Å²) in [6.45, 7) is 9.95. The lowest BCUT2D eigenvalue weighted by molar-refractivity contribution is -0.122. The van der Waals surface area contributed by atoms with Crippen molar-refractivity contribution < 1.29 is 9.59 Å². The molecule has 16 heavy (non-hydrogen) atoms. The van der Waals surface area contributed by atoms with E-state index >= 15 is 0 Å². The number of Topliss-reactive ketones (excluding diaryl/α,β-unsaturated/α-hetero) is 1. The Morgan fingerprint density at radius 2 is 1.81 bits per heavy atom. The van der Waals surface area contributed by atoms with Crippen LogP contribution in [-0.4, -0.2) is 24.3 Å². The van der Waals surface area contributed by atoms with E-state index < -0.39 is 0 Å². The molecule has 0 bridgehead atoms. The SMILES string of the molecule is CCN/C=C(\C(C)=O)C(=O)N[C@@H](C)C(C)C.